The fourth-order valence-electron chi connectivity index (χ4n) is 3.51. The quantitative estimate of drug-likeness (QED) is 0.396. The summed E-state index contributed by atoms with van der Waals surface area (Å²) in [5.74, 6) is -0.269. The van der Waals surface area contributed by atoms with E-state index >= 15 is 0 Å². The SMILES string of the molecule is N=C(N)c1ccc(CN2CCN(S(=O)(=O)C3SC(Cl)c4ncccc43)CC2=O)cc1. The number of sulfonamides is 1. The van der Waals surface area contributed by atoms with Crippen LogP contribution in [0.15, 0.2) is 42.6 Å². The highest BCUT2D eigenvalue weighted by molar-refractivity contribution is 8.13. The predicted molar refractivity (Wildman–Crippen MR) is 117 cm³/mol. The molecule has 4 rings (SSSR count). The molecule has 30 heavy (non-hydrogen) atoms. The number of nitrogens with zero attached hydrogens (tertiary/aromatic N) is 3. The van der Waals surface area contributed by atoms with Crippen LogP contribution in [0.5, 0.6) is 0 Å². The van der Waals surface area contributed by atoms with Crippen molar-refractivity contribution in [2.45, 2.75) is 15.8 Å². The molecule has 8 nitrogen and oxygen atoms in total. The van der Waals surface area contributed by atoms with Gasteiger partial charge in [-0.25, -0.2) is 8.42 Å². The van der Waals surface area contributed by atoms with Gasteiger partial charge in [-0.2, -0.15) is 4.31 Å². The van der Waals surface area contributed by atoms with Crippen molar-refractivity contribution in [2.75, 3.05) is 19.6 Å². The number of hydrogen-bond acceptors (Lipinski definition) is 6. The van der Waals surface area contributed by atoms with Gasteiger partial charge in [-0.05, 0) is 11.6 Å². The molecule has 1 aromatic carbocycles. The second-order valence-corrected chi connectivity index (χ2v) is 11.3. The number of amides is 1. The van der Waals surface area contributed by atoms with Gasteiger partial charge in [-0.1, -0.05) is 30.3 Å². The number of hydrogen-bond donors (Lipinski definition) is 2. The third kappa shape index (κ3) is 3.92. The number of piperazine rings is 1. The van der Waals surface area contributed by atoms with E-state index in [-0.39, 0.29) is 24.8 Å². The van der Waals surface area contributed by atoms with E-state index < -0.39 is 19.3 Å². The van der Waals surface area contributed by atoms with Crippen molar-refractivity contribution >= 4 is 45.1 Å². The third-order valence-electron chi connectivity index (χ3n) is 5.14. The second-order valence-electron chi connectivity index (χ2n) is 7.07. The number of carbonyl (C=O) groups is 1. The molecule has 0 radical (unpaired) electrons. The largest absolute Gasteiger partial charge is 0.384 e. The Morgan fingerprint density at radius 1 is 1.27 bits per heavy atom. The molecule has 0 spiro atoms. The number of nitrogens with two attached hydrogens (primary N) is 1. The maximum absolute atomic E-state index is 13.2. The number of rotatable bonds is 5. The number of halogens is 1. The normalized spacial score (nSPS) is 22.2. The number of thioether (sulfide) groups is 1. The Bertz CT molecular complexity index is 1090. The van der Waals surface area contributed by atoms with E-state index in [1.165, 1.54) is 4.31 Å². The van der Waals surface area contributed by atoms with Gasteiger partial charge in [0.1, 0.15) is 15.1 Å². The number of fused-ring (bicyclic) bond motifs is 1. The minimum absolute atomic E-state index is 0.0165. The summed E-state index contributed by atoms with van der Waals surface area (Å²) in [4.78, 5) is 18.5. The molecular weight excluding hydrogens is 446 g/mol. The lowest BCUT2D eigenvalue weighted by atomic mass is 10.1. The Labute approximate surface area is 184 Å². The summed E-state index contributed by atoms with van der Waals surface area (Å²) in [5.41, 5.74) is 8.11. The number of pyridine rings is 1. The molecule has 0 bridgehead atoms. The number of amidine groups is 1. The first-order chi connectivity index (χ1) is 14.3. The van der Waals surface area contributed by atoms with Gasteiger partial charge in [-0.3, -0.25) is 15.2 Å². The minimum atomic E-state index is -3.77. The Morgan fingerprint density at radius 2 is 2.00 bits per heavy atom. The lowest BCUT2D eigenvalue weighted by molar-refractivity contribution is -0.134. The van der Waals surface area contributed by atoms with Crippen LogP contribution in [-0.4, -0.2) is 54.0 Å². The number of carbonyl (C=O) groups excluding carboxylic acids is 1. The zero-order chi connectivity index (χ0) is 21.5. The number of benzene rings is 1. The van der Waals surface area contributed by atoms with E-state index in [4.69, 9.17) is 22.7 Å². The number of nitrogen functional groups attached to an aromatic ring is 1. The summed E-state index contributed by atoms with van der Waals surface area (Å²) >= 11 is 7.40. The maximum Gasteiger partial charge on any atom is 0.238 e. The van der Waals surface area contributed by atoms with Crippen molar-refractivity contribution in [1.29, 1.82) is 5.41 Å². The molecule has 1 saturated heterocycles. The monoisotopic (exact) mass is 465 g/mol. The van der Waals surface area contributed by atoms with Gasteiger partial charge in [0.05, 0.1) is 12.2 Å². The standard InChI is InChI=1S/C19H20ClN5O3S2/c20-17-16-14(2-1-7-23-16)19(29-17)30(27,28)25-9-8-24(15(26)11-25)10-12-3-5-13(6-4-12)18(21)22/h1-7,17,19H,8-11H2,(H3,21,22). The summed E-state index contributed by atoms with van der Waals surface area (Å²) < 4.78 is 26.3. The summed E-state index contributed by atoms with van der Waals surface area (Å²) in [6.45, 7) is 0.695. The third-order valence-corrected chi connectivity index (χ3v) is 9.50. The van der Waals surface area contributed by atoms with Crippen LogP contribution in [0.3, 0.4) is 0 Å². The molecule has 1 aromatic heterocycles. The van der Waals surface area contributed by atoms with Crippen LogP contribution in [0.1, 0.15) is 31.7 Å². The zero-order valence-electron chi connectivity index (χ0n) is 15.9. The first-order valence-electron chi connectivity index (χ1n) is 9.22. The van der Waals surface area contributed by atoms with Gasteiger partial charge in [0.2, 0.25) is 15.9 Å². The Kier molecular flexibility index (Phi) is 5.75. The van der Waals surface area contributed by atoms with Crippen molar-refractivity contribution in [1.82, 2.24) is 14.2 Å². The number of nitrogens with one attached hydrogen (secondary N) is 1. The van der Waals surface area contributed by atoms with Crippen LogP contribution in [-0.2, 0) is 21.4 Å². The van der Waals surface area contributed by atoms with E-state index in [0.717, 1.165) is 17.3 Å². The maximum atomic E-state index is 13.2. The smallest absolute Gasteiger partial charge is 0.238 e. The highest BCUT2D eigenvalue weighted by Gasteiger charge is 2.44. The molecule has 0 aliphatic carbocycles. The molecule has 2 aliphatic rings. The summed E-state index contributed by atoms with van der Waals surface area (Å²) in [7, 11) is -3.77. The predicted octanol–water partition coefficient (Wildman–Crippen LogP) is 2.02. The van der Waals surface area contributed by atoms with Crippen molar-refractivity contribution in [3.05, 3.63) is 65.0 Å². The van der Waals surface area contributed by atoms with Gasteiger partial charge >= 0.3 is 0 Å². The first kappa shape index (κ1) is 21.1. The lowest BCUT2D eigenvalue weighted by Gasteiger charge is -2.35. The van der Waals surface area contributed by atoms with E-state index in [2.05, 4.69) is 4.98 Å². The molecule has 3 heterocycles. The molecule has 11 heteroatoms. The fourth-order valence-corrected chi connectivity index (χ4v) is 7.75. The molecule has 0 saturated carbocycles. The molecule has 2 aliphatic heterocycles. The van der Waals surface area contributed by atoms with E-state index in [9.17, 15) is 13.2 Å². The fraction of sp³-hybridized carbons (Fsp3) is 0.316. The van der Waals surface area contributed by atoms with Crippen molar-refractivity contribution in [3.63, 3.8) is 0 Å². The van der Waals surface area contributed by atoms with Gasteiger partial charge in [0.25, 0.3) is 0 Å². The lowest BCUT2D eigenvalue weighted by Crippen LogP contribution is -2.52. The van der Waals surface area contributed by atoms with Crippen LogP contribution in [0.4, 0.5) is 0 Å². The Balaban J connectivity index is 1.45. The molecule has 1 amide bonds. The average molecular weight is 466 g/mol. The van der Waals surface area contributed by atoms with E-state index in [1.807, 2.05) is 12.1 Å². The average Bonchev–Trinajstić information content (AvgIpc) is 3.07. The van der Waals surface area contributed by atoms with Crippen LogP contribution in [0.25, 0.3) is 0 Å². The van der Waals surface area contributed by atoms with Crippen LogP contribution >= 0.6 is 23.4 Å². The van der Waals surface area contributed by atoms with Gasteiger partial charge in [-0.15, -0.1) is 23.4 Å². The molecule has 158 valence electrons. The number of aromatic nitrogens is 1. The van der Waals surface area contributed by atoms with Crippen LogP contribution in [0, 0.1) is 5.41 Å². The molecule has 2 unspecified atom stereocenters. The highest BCUT2D eigenvalue weighted by atomic mass is 35.5. The van der Waals surface area contributed by atoms with Crippen molar-refractivity contribution in [3.8, 4) is 0 Å². The van der Waals surface area contributed by atoms with Crippen LogP contribution in [0.2, 0.25) is 0 Å². The molecule has 1 fully saturated rings. The number of alkyl halides is 1. The van der Waals surface area contributed by atoms with E-state index in [1.54, 1.807) is 35.4 Å². The van der Waals surface area contributed by atoms with Crippen molar-refractivity contribution < 1.29 is 13.2 Å². The van der Waals surface area contributed by atoms with E-state index in [0.29, 0.717) is 29.9 Å². The Morgan fingerprint density at radius 3 is 2.67 bits per heavy atom. The topological polar surface area (TPSA) is 120 Å². The zero-order valence-corrected chi connectivity index (χ0v) is 18.3. The molecule has 2 aromatic rings. The Hall–Kier alpha value is -2.14. The van der Waals surface area contributed by atoms with Gasteiger partial charge < -0.3 is 10.6 Å². The summed E-state index contributed by atoms with van der Waals surface area (Å²) in [6, 6.07) is 10.5. The van der Waals surface area contributed by atoms with Gasteiger partial charge in [0.15, 0.2) is 0 Å². The van der Waals surface area contributed by atoms with Gasteiger partial charge in [0, 0.05) is 37.0 Å². The second kappa shape index (κ2) is 8.18. The summed E-state index contributed by atoms with van der Waals surface area (Å²) in [6.07, 6.45) is 1.59. The van der Waals surface area contributed by atoms with Crippen LogP contribution < -0.4 is 5.73 Å². The van der Waals surface area contributed by atoms with Crippen molar-refractivity contribution in [2.24, 2.45) is 5.73 Å². The minimum Gasteiger partial charge on any atom is -0.384 e. The molecular formula is C19H20ClN5O3S2. The molecule has 2 atom stereocenters. The summed E-state index contributed by atoms with van der Waals surface area (Å²) in [5, 5.41) is 7.44. The molecule has 3 N–H and O–H groups in total. The highest BCUT2D eigenvalue weighted by Crippen LogP contribution is 2.54. The first-order valence-corrected chi connectivity index (χ1v) is 12.1.